The molecule has 19 heavy (non-hydrogen) atoms. The number of pyridine rings is 1. The summed E-state index contributed by atoms with van der Waals surface area (Å²) in [5.74, 6) is 1.05. The van der Waals surface area contributed by atoms with Gasteiger partial charge in [-0.05, 0) is 18.9 Å². The van der Waals surface area contributed by atoms with E-state index < -0.39 is 0 Å². The van der Waals surface area contributed by atoms with Crippen LogP contribution in [0, 0.1) is 0 Å². The van der Waals surface area contributed by atoms with Crippen molar-refractivity contribution >= 4 is 32.8 Å². The van der Waals surface area contributed by atoms with Gasteiger partial charge in [0.15, 0.2) is 5.82 Å². The molecule has 1 saturated carbocycles. The van der Waals surface area contributed by atoms with Crippen molar-refractivity contribution in [2.24, 2.45) is 7.05 Å². The normalized spacial score (nSPS) is 16.3. The van der Waals surface area contributed by atoms with Crippen LogP contribution in [0.15, 0.2) is 18.6 Å². The van der Waals surface area contributed by atoms with Crippen molar-refractivity contribution in [3.8, 4) is 0 Å². The summed E-state index contributed by atoms with van der Waals surface area (Å²) in [5.41, 5.74) is 2.18. The van der Waals surface area contributed by atoms with Crippen molar-refractivity contribution in [3.05, 3.63) is 18.6 Å². The molecule has 1 fully saturated rings. The lowest BCUT2D eigenvalue weighted by atomic mass is 10.2. The number of aromatic nitrogens is 3. The Morgan fingerprint density at radius 2 is 2.16 bits per heavy atom. The summed E-state index contributed by atoms with van der Waals surface area (Å²) in [6, 6.07) is 2.66. The summed E-state index contributed by atoms with van der Waals surface area (Å²) in [6.45, 7) is 0.993. The first kappa shape index (κ1) is 12.9. The first-order valence-corrected chi connectivity index (χ1v) is 8.02. The molecule has 0 aromatic carbocycles. The number of halogens is 1. The van der Waals surface area contributed by atoms with E-state index in [9.17, 15) is 0 Å². The molecular weight excluding hydrogens is 304 g/mol. The predicted octanol–water partition coefficient (Wildman–Crippen LogP) is 3.11. The Hall–Kier alpha value is -1.10. The highest BCUT2D eigenvalue weighted by molar-refractivity contribution is 9.09. The van der Waals surface area contributed by atoms with Crippen molar-refractivity contribution in [1.82, 2.24) is 14.5 Å². The second-order valence-electron chi connectivity index (χ2n) is 5.18. The van der Waals surface area contributed by atoms with Crippen LogP contribution < -0.4 is 4.90 Å². The van der Waals surface area contributed by atoms with Crippen molar-refractivity contribution in [2.75, 3.05) is 16.8 Å². The van der Waals surface area contributed by atoms with E-state index in [-0.39, 0.29) is 0 Å². The summed E-state index contributed by atoms with van der Waals surface area (Å²) in [5, 5.41) is 0.967. The largest absolute Gasteiger partial charge is 0.351 e. The van der Waals surface area contributed by atoms with Crippen LogP contribution in [0.2, 0.25) is 0 Å². The number of hydrogen-bond acceptors (Lipinski definition) is 3. The van der Waals surface area contributed by atoms with Crippen LogP contribution >= 0.6 is 15.9 Å². The molecule has 0 bridgehead atoms. The Morgan fingerprint density at radius 1 is 1.37 bits per heavy atom. The van der Waals surface area contributed by atoms with Crippen molar-refractivity contribution < 1.29 is 0 Å². The van der Waals surface area contributed by atoms with Gasteiger partial charge in [0.25, 0.3) is 0 Å². The number of aryl methyl sites for hydroxylation is 1. The van der Waals surface area contributed by atoms with Gasteiger partial charge in [-0.15, -0.1) is 0 Å². The lowest BCUT2D eigenvalue weighted by Crippen LogP contribution is -2.35. The van der Waals surface area contributed by atoms with Gasteiger partial charge < -0.3 is 9.47 Å². The average Bonchev–Trinajstić information content (AvgIpc) is 3.06. The molecule has 0 unspecified atom stereocenters. The Balaban J connectivity index is 2.03. The summed E-state index contributed by atoms with van der Waals surface area (Å²) in [6.07, 6.45) is 8.99. The Morgan fingerprint density at radius 3 is 2.89 bits per heavy atom. The van der Waals surface area contributed by atoms with E-state index in [0.717, 1.165) is 28.7 Å². The third-order valence-electron chi connectivity index (χ3n) is 3.99. The number of fused-ring (bicyclic) bond motifs is 1. The zero-order chi connectivity index (χ0) is 13.2. The van der Waals surface area contributed by atoms with Crippen LogP contribution in [0.4, 0.5) is 5.82 Å². The second-order valence-corrected chi connectivity index (χ2v) is 5.97. The highest BCUT2D eigenvalue weighted by atomic mass is 79.9. The quantitative estimate of drug-likeness (QED) is 0.811. The van der Waals surface area contributed by atoms with E-state index in [4.69, 9.17) is 0 Å². The molecule has 0 amide bonds. The number of rotatable bonds is 4. The first-order chi connectivity index (χ1) is 9.31. The van der Waals surface area contributed by atoms with E-state index in [0.29, 0.717) is 6.04 Å². The van der Waals surface area contributed by atoms with E-state index in [1.54, 1.807) is 0 Å². The second kappa shape index (κ2) is 5.49. The Kier molecular flexibility index (Phi) is 3.73. The zero-order valence-corrected chi connectivity index (χ0v) is 12.8. The highest BCUT2D eigenvalue weighted by Crippen LogP contribution is 2.30. The molecule has 0 atom stereocenters. The molecule has 102 valence electrons. The maximum atomic E-state index is 4.61. The number of nitrogens with zero attached hydrogens (tertiary/aromatic N) is 4. The first-order valence-electron chi connectivity index (χ1n) is 6.90. The third-order valence-corrected chi connectivity index (χ3v) is 4.34. The van der Waals surface area contributed by atoms with E-state index in [2.05, 4.69) is 35.4 Å². The van der Waals surface area contributed by atoms with Crippen molar-refractivity contribution in [1.29, 1.82) is 0 Å². The molecule has 4 nitrogen and oxygen atoms in total. The van der Waals surface area contributed by atoms with Crippen molar-refractivity contribution in [2.45, 2.75) is 31.7 Å². The molecule has 0 N–H and O–H groups in total. The lowest BCUT2D eigenvalue weighted by Gasteiger charge is -2.29. The minimum absolute atomic E-state index is 0.623. The van der Waals surface area contributed by atoms with Crippen LogP contribution in [-0.2, 0) is 7.05 Å². The molecule has 3 rings (SSSR count). The highest BCUT2D eigenvalue weighted by Gasteiger charge is 2.25. The van der Waals surface area contributed by atoms with Crippen LogP contribution in [-0.4, -0.2) is 32.5 Å². The molecule has 0 aliphatic heterocycles. The molecule has 5 heteroatoms. The van der Waals surface area contributed by atoms with Gasteiger partial charge in [0.2, 0.25) is 0 Å². The van der Waals surface area contributed by atoms with Gasteiger partial charge in [-0.1, -0.05) is 28.8 Å². The van der Waals surface area contributed by atoms with Gasteiger partial charge in [-0.2, -0.15) is 0 Å². The maximum Gasteiger partial charge on any atom is 0.157 e. The Bertz CT molecular complexity index is 560. The van der Waals surface area contributed by atoms with Gasteiger partial charge >= 0.3 is 0 Å². The zero-order valence-electron chi connectivity index (χ0n) is 11.2. The average molecular weight is 323 g/mol. The Labute approximate surface area is 122 Å². The molecule has 2 heterocycles. The van der Waals surface area contributed by atoms with Gasteiger partial charge in [-0.3, -0.25) is 0 Å². The molecule has 1 aliphatic rings. The van der Waals surface area contributed by atoms with Crippen LogP contribution in [0.5, 0.6) is 0 Å². The minimum Gasteiger partial charge on any atom is -0.351 e. The molecule has 2 aromatic heterocycles. The lowest BCUT2D eigenvalue weighted by molar-refractivity contribution is 0.617. The van der Waals surface area contributed by atoms with Crippen molar-refractivity contribution in [3.63, 3.8) is 0 Å². The summed E-state index contributed by atoms with van der Waals surface area (Å²) in [7, 11) is 2.03. The summed E-state index contributed by atoms with van der Waals surface area (Å²) >= 11 is 3.57. The smallest absolute Gasteiger partial charge is 0.157 e. The number of imidazole rings is 1. The van der Waals surface area contributed by atoms with Gasteiger partial charge in [0.05, 0.1) is 11.8 Å². The molecule has 0 saturated heterocycles. The van der Waals surface area contributed by atoms with Gasteiger partial charge in [0.1, 0.15) is 5.52 Å². The minimum atomic E-state index is 0.623. The van der Waals surface area contributed by atoms with E-state index in [1.165, 1.54) is 25.7 Å². The molecule has 0 spiro atoms. The molecule has 1 aliphatic carbocycles. The SMILES string of the molecule is Cn1cnc2c(N(CCBr)C3CCCC3)nccc21. The molecular formula is C14H19BrN4. The number of alkyl halides is 1. The standard InChI is InChI=1S/C14H19BrN4/c1-18-10-17-13-12(18)6-8-16-14(13)19(9-7-15)11-4-2-3-5-11/h6,8,10-11H,2-5,7,9H2,1H3. The monoisotopic (exact) mass is 322 g/mol. The predicted molar refractivity (Wildman–Crippen MR) is 81.9 cm³/mol. The fourth-order valence-electron chi connectivity index (χ4n) is 3.03. The molecule has 2 aromatic rings. The molecule has 0 radical (unpaired) electrons. The number of anilines is 1. The van der Waals surface area contributed by atoms with Crippen LogP contribution in [0.1, 0.15) is 25.7 Å². The summed E-state index contributed by atoms with van der Waals surface area (Å²) < 4.78 is 2.06. The van der Waals surface area contributed by atoms with Crippen LogP contribution in [0.25, 0.3) is 11.0 Å². The number of hydrogen-bond donors (Lipinski definition) is 0. The topological polar surface area (TPSA) is 34.0 Å². The summed E-state index contributed by atoms with van der Waals surface area (Å²) in [4.78, 5) is 11.6. The van der Waals surface area contributed by atoms with E-state index >= 15 is 0 Å². The fourth-order valence-corrected chi connectivity index (χ4v) is 3.41. The van der Waals surface area contributed by atoms with E-state index in [1.807, 2.05) is 25.6 Å². The third kappa shape index (κ3) is 2.36. The fraction of sp³-hybridized carbons (Fsp3) is 0.571. The maximum absolute atomic E-state index is 4.61. The van der Waals surface area contributed by atoms with Gasteiger partial charge in [0, 0.05) is 31.2 Å². The van der Waals surface area contributed by atoms with Crippen LogP contribution in [0.3, 0.4) is 0 Å². The van der Waals surface area contributed by atoms with Gasteiger partial charge in [-0.25, -0.2) is 9.97 Å².